The largest absolute Gasteiger partial charge is 0.326 e. The Morgan fingerprint density at radius 2 is 1.70 bits per heavy atom. The number of para-hydroxylation sites is 1. The van der Waals surface area contributed by atoms with Crippen LogP contribution in [0.1, 0.15) is 17.0 Å². The van der Waals surface area contributed by atoms with E-state index in [0.717, 1.165) is 12.1 Å². The van der Waals surface area contributed by atoms with E-state index in [2.05, 4.69) is 20.6 Å². The van der Waals surface area contributed by atoms with Crippen molar-refractivity contribution in [1.82, 2.24) is 9.97 Å². The van der Waals surface area contributed by atoms with Crippen molar-refractivity contribution in [3.8, 4) is 0 Å². The molecule has 0 saturated carbocycles. The number of carbonyl (C=O) groups is 1. The molecule has 1 aromatic heterocycles. The first-order valence-corrected chi connectivity index (χ1v) is 8.23. The van der Waals surface area contributed by atoms with E-state index >= 15 is 0 Å². The van der Waals surface area contributed by atoms with E-state index in [0.29, 0.717) is 5.69 Å². The third kappa shape index (κ3) is 3.17. The van der Waals surface area contributed by atoms with Gasteiger partial charge in [-0.25, -0.2) is 8.78 Å². The van der Waals surface area contributed by atoms with Crippen LogP contribution in [0.4, 0.5) is 26.2 Å². The molecule has 0 bridgehead atoms. The van der Waals surface area contributed by atoms with E-state index in [9.17, 15) is 18.4 Å². The highest BCUT2D eigenvalue weighted by Gasteiger charge is 2.34. The smallest absolute Gasteiger partial charge is 0.257 e. The summed E-state index contributed by atoms with van der Waals surface area (Å²) in [6, 6.07) is 12.4. The number of aromatic amines is 1. The third-order valence-corrected chi connectivity index (χ3v) is 4.37. The molecule has 3 aromatic rings. The molecule has 0 spiro atoms. The summed E-state index contributed by atoms with van der Waals surface area (Å²) in [6.45, 7) is 0. The van der Waals surface area contributed by atoms with Gasteiger partial charge in [-0.3, -0.25) is 14.6 Å². The Kier molecular flexibility index (Phi) is 4.15. The number of nitrogens with one attached hydrogen (secondary N) is 3. The monoisotopic (exact) mass is 368 g/mol. The zero-order valence-electron chi connectivity index (χ0n) is 13.9. The maximum atomic E-state index is 14.1. The van der Waals surface area contributed by atoms with E-state index in [4.69, 9.17) is 0 Å². The van der Waals surface area contributed by atoms with Crippen LogP contribution in [0.15, 0.2) is 53.3 Å². The number of benzene rings is 2. The highest BCUT2D eigenvalue weighted by atomic mass is 19.1. The van der Waals surface area contributed by atoms with Gasteiger partial charge in [0.15, 0.2) is 0 Å². The van der Waals surface area contributed by atoms with Crippen LogP contribution in [0.25, 0.3) is 0 Å². The molecular weight excluding hydrogens is 354 g/mol. The van der Waals surface area contributed by atoms with Gasteiger partial charge in [-0.2, -0.15) is 4.98 Å². The molecule has 1 unspecified atom stereocenters. The number of carbonyl (C=O) groups excluding carboxylic acids is 1. The highest BCUT2D eigenvalue weighted by molar-refractivity contribution is 5.98. The maximum absolute atomic E-state index is 14.1. The molecule has 0 saturated heterocycles. The molecule has 1 aliphatic heterocycles. The van der Waals surface area contributed by atoms with Gasteiger partial charge >= 0.3 is 0 Å². The molecular formula is C19H14F2N4O2. The Bertz CT molecular complexity index is 1060. The summed E-state index contributed by atoms with van der Waals surface area (Å²) in [5, 5.41) is 5.42. The number of nitrogens with zero attached hydrogens (tertiary/aromatic N) is 1. The lowest BCUT2D eigenvalue weighted by molar-refractivity contribution is -0.118. The normalized spacial score (nSPS) is 15.8. The van der Waals surface area contributed by atoms with E-state index in [-0.39, 0.29) is 29.3 Å². The Labute approximate surface area is 152 Å². The van der Waals surface area contributed by atoms with Gasteiger partial charge in [0.25, 0.3) is 5.56 Å². The summed E-state index contributed by atoms with van der Waals surface area (Å²) in [5.74, 6) is -3.18. The lowest BCUT2D eigenvalue weighted by Crippen LogP contribution is -2.34. The summed E-state index contributed by atoms with van der Waals surface area (Å²) in [7, 11) is 0. The number of fused-ring (bicyclic) bond motifs is 1. The SMILES string of the molecule is O=C1Nc2nc(Nc3ccccc3)[nH]c(=O)c2CC1c1c(F)cccc1F. The molecule has 3 N–H and O–H groups in total. The molecule has 4 rings (SSSR count). The minimum atomic E-state index is -1.14. The van der Waals surface area contributed by atoms with E-state index < -0.39 is 29.0 Å². The first-order valence-electron chi connectivity index (χ1n) is 8.23. The van der Waals surface area contributed by atoms with Crippen LogP contribution in [-0.4, -0.2) is 15.9 Å². The number of aromatic nitrogens is 2. The van der Waals surface area contributed by atoms with Crippen molar-refractivity contribution < 1.29 is 13.6 Å². The Morgan fingerprint density at radius 1 is 1.00 bits per heavy atom. The van der Waals surface area contributed by atoms with E-state index in [1.807, 2.05) is 18.2 Å². The summed E-state index contributed by atoms with van der Waals surface area (Å²) in [5.41, 5.74) is 0.0293. The van der Waals surface area contributed by atoms with E-state index in [1.54, 1.807) is 12.1 Å². The van der Waals surface area contributed by atoms with Crippen LogP contribution >= 0.6 is 0 Å². The van der Waals surface area contributed by atoms with Crippen molar-refractivity contribution in [1.29, 1.82) is 0 Å². The maximum Gasteiger partial charge on any atom is 0.257 e. The average Bonchev–Trinajstić information content (AvgIpc) is 2.63. The standard InChI is InChI=1S/C19H14F2N4O2/c20-13-7-4-8-14(21)15(13)11-9-12-16(23-17(11)26)24-19(25-18(12)27)22-10-5-2-1-3-6-10/h1-8,11H,9H2,(H3,22,23,24,25,26,27). The van der Waals surface area contributed by atoms with Crippen molar-refractivity contribution in [2.75, 3.05) is 10.6 Å². The second-order valence-corrected chi connectivity index (χ2v) is 6.11. The Morgan fingerprint density at radius 3 is 2.41 bits per heavy atom. The zero-order valence-corrected chi connectivity index (χ0v) is 13.9. The first kappa shape index (κ1) is 16.9. The molecule has 0 aliphatic carbocycles. The van der Waals surface area contributed by atoms with Crippen LogP contribution in [0.2, 0.25) is 0 Å². The van der Waals surface area contributed by atoms with Crippen molar-refractivity contribution in [2.24, 2.45) is 0 Å². The van der Waals surface area contributed by atoms with Gasteiger partial charge < -0.3 is 10.6 Å². The molecule has 0 fully saturated rings. The predicted octanol–water partition coefficient (Wildman–Crippen LogP) is 3.07. The molecule has 0 radical (unpaired) electrons. The van der Waals surface area contributed by atoms with Gasteiger partial charge in [0.2, 0.25) is 11.9 Å². The van der Waals surface area contributed by atoms with Crippen molar-refractivity contribution in [2.45, 2.75) is 12.3 Å². The van der Waals surface area contributed by atoms with Gasteiger partial charge in [0.05, 0.1) is 11.5 Å². The predicted molar refractivity (Wildman–Crippen MR) is 96.0 cm³/mol. The molecule has 1 aliphatic rings. The first-order chi connectivity index (χ1) is 13.0. The fourth-order valence-electron chi connectivity index (χ4n) is 3.09. The van der Waals surface area contributed by atoms with Crippen LogP contribution < -0.4 is 16.2 Å². The van der Waals surface area contributed by atoms with Crippen LogP contribution in [0.3, 0.4) is 0 Å². The molecule has 8 heteroatoms. The van der Waals surface area contributed by atoms with Gasteiger partial charge in [0.1, 0.15) is 17.5 Å². The number of amides is 1. The van der Waals surface area contributed by atoms with Gasteiger partial charge in [-0.1, -0.05) is 24.3 Å². The number of anilines is 3. The van der Waals surface area contributed by atoms with Crippen molar-refractivity contribution in [3.63, 3.8) is 0 Å². The van der Waals surface area contributed by atoms with Gasteiger partial charge in [0, 0.05) is 11.3 Å². The fourth-order valence-corrected chi connectivity index (χ4v) is 3.09. The van der Waals surface area contributed by atoms with Crippen molar-refractivity contribution in [3.05, 3.63) is 81.6 Å². The fraction of sp³-hybridized carbons (Fsp3) is 0.105. The second kappa shape index (κ2) is 6.64. The van der Waals surface area contributed by atoms with Crippen LogP contribution in [0, 0.1) is 11.6 Å². The topological polar surface area (TPSA) is 86.9 Å². The third-order valence-electron chi connectivity index (χ3n) is 4.37. The molecule has 136 valence electrons. The molecule has 27 heavy (non-hydrogen) atoms. The quantitative estimate of drug-likeness (QED) is 0.663. The lowest BCUT2D eigenvalue weighted by atomic mass is 9.88. The van der Waals surface area contributed by atoms with E-state index in [1.165, 1.54) is 6.07 Å². The Balaban J connectivity index is 1.69. The number of hydrogen-bond acceptors (Lipinski definition) is 4. The lowest BCUT2D eigenvalue weighted by Gasteiger charge is -2.24. The van der Waals surface area contributed by atoms with Gasteiger partial charge in [-0.15, -0.1) is 0 Å². The minimum Gasteiger partial charge on any atom is -0.326 e. The second-order valence-electron chi connectivity index (χ2n) is 6.11. The summed E-state index contributed by atoms with van der Waals surface area (Å²) in [4.78, 5) is 31.7. The summed E-state index contributed by atoms with van der Waals surface area (Å²) in [6.07, 6.45) is -0.146. The van der Waals surface area contributed by atoms with Gasteiger partial charge in [-0.05, 0) is 30.7 Å². The average molecular weight is 368 g/mol. The number of H-pyrrole nitrogens is 1. The zero-order chi connectivity index (χ0) is 19.0. The molecule has 2 heterocycles. The van der Waals surface area contributed by atoms with Crippen molar-refractivity contribution >= 4 is 23.4 Å². The minimum absolute atomic E-state index is 0.0789. The number of rotatable bonds is 3. The van der Waals surface area contributed by atoms with Crippen LogP contribution in [0.5, 0.6) is 0 Å². The summed E-state index contributed by atoms with van der Waals surface area (Å²) >= 11 is 0. The number of hydrogen-bond donors (Lipinski definition) is 3. The van der Waals surface area contributed by atoms with Crippen LogP contribution in [-0.2, 0) is 11.2 Å². The summed E-state index contributed by atoms with van der Waals surface area (Å²) < 4.78 is 28.1. The number of halogens is 2. The molecule has 2 aromatic carbocycles. The highest BCUT2D eigenvalue weighted by Crippen LogP contribution is 2.32. The Hall–Kier alpha value is -3.55. The molecule has 6 nitrogen and oxygen atoms in total. The molecule has 1 atom stereocenters. The molecule has 1 amide bonds.